The van der Waals surface area contributed by atoms with Crippen molar-refractivity contribution in [3.05, 3.63) is 45.9 Å². The average molecular weight is 331 g/mol. The Morgan fingerprint density at radius 1 is 1.48 bits per heavy atom. The van der Waals surface area contributed by atoms with E-state index >= 15 is 0 Å². The second-order valence-corrected chi connectivity index (χ2v) is 6.74. The molecule has 1 aliphatic heterocycles. The monoisotopic (exact) mass is 331 g/mol. The van der Waals surface area contributed by atoms with E-state index in [2.05, 4.69) is 30.2 Å². The van der Waals surface area contributed by atoms with Crippen molar-refractivity contribution in [1.82, 2.24) is 10.3 Å². The minimum atomic E-state index is -0.264. The number of cyclic esters (lactones) is 1. The Labute approximate surface area is 140 Å². The van der Waals surface area contributed by atoms with Crippen LogP contribution in [0.2, 0.25) is 0 Å². The molecule has 23 heavy (non-hydrogen) atoms. The lowest BCUT2D eigenvalue weighted by molar-refractivity contribution is 0.181. The van der Waals surface area contributed by atoms with Gasteiger partial charge in [0.05, 0.1) is 11.6 Å². The van der Waals surface area contributed by atoms with Gasteiger partial charge in [0, 0.05) is 29.3 Å². The van der Waals surface area contributed by atoms with Crippen molar-refractivity contribution in [3.8, 4) is 0 Å². The normalized spacial score (nSPS) is 15.7. The lowest BCUT2D eigenvalue weighted by atomic mass is 10.1. The van der Waals surface area contributed by atoms with Crippen LogP contribution in [-0.4, -0.2) is 24.2 Å². The molecule has 0 aliphatic carbocycles. The quantitative estimate of drug-likeness (QED) is 0.880. The van der Waals surface area contributed by atoms with E-state index in [0.717, 1.165) is 24.2 Å². The molecule has 1 amide bonds. The fourth-order valence-corrected chi connectivity index (χ4v) is 3.37. The minimum absolute atomic E-state index is 0.195. The summed E-state index contributed by atoms with van der Waals surface area (Å²) in [5.41, 5.74) is 2.05. The first-order valence-corrected chi connectivity index (χ1v) is 8.70. The summed E-state index contributed by atoms with van der Waals surface area (Å²) >= 11 is 1.75. The van der Waals surface area contributed by atoms with Gasteiger partial charge in [-0.15, -0.1) is 11.3 Å². The van der Waals surface area contributed by atoms with Crippen molar-refractivity contribution in [3.63, 3.8) is 0 Å². The number of rotatable bonds is 6. The first-order valence-electron chi connectivity index (χ1n) is 7.88. The van der Waals surface area contributed by atoms with Crippen LogP contribution in [0.1, 0.15) is 35.3 Å². The Morgan fingerprint density at radius 2 is 2.35 bits per heavy atom. The standard InChI is InChI=1S/C17H21N3O2S/c1-3-16-19-11-15(23-16)10-18-12(2)13-5-4-6-14(9-13)20-7-8-22-17(20)21/h4-6,9,11-12,18H,3,7-8,10H2,1-2H3. The number of carbonyl (C=O) groups excluding carboxylic acids is 1. The van der Waals surface area contributed by atoms with Crippen LogP contribution >= 0.6 is 11.3 Å². The van der Waals surface area contributed by atoms with Crippen molar-refractivity contribution in [2.24, 2.45) is 0 Å². The highest BCUT2D eigenvalue weighted by molar-refractivity contribution is 7.11. The maximum atomic E-state index is 11.7. The Morgan fingerprint density at radius 3 is 3.04 bits per heavy atom. The van der Waals surface area contributed by atoms with Crippen molar-refractivity contribution in [2.45, 2.75) is 32.9 Å². The molecule has 6 heteroatoms. The van der Waals surface area contributed by atoms with E-state index in [4.69, 9.17) is 4.74 Å². The summed E-state index contributed by atoms with van der Waals surface area (Å²) in [6.07, 6.45) is 2.66. The number of carbonyl (C=O) groups is 1. The largest absolute Gasteiger partial charge is 0.447 e. The molecule has 0 saturated carbocycles. The molecule has 0 spiro atoms. The lowest BCUT2D eigenvalue weighted by Crippen LogP contribution is -2.24. The average Bonchev–Trinajstić information content (AvgIpc) is 3.21. The Hall–Kier alpha value is -1.92. The highest BCUT2D eigenvalue weighted by atomic mass is 32.1. The molecule has 1 aromatic carbocycles. The summed E-state index contributed by atoms with van der Waals surface area (Å²) in [4.78, 5) is 19.0. The van der Waals surface area contributed by atoms with E-state index in [0.29, 0.717) is 13.2 Å². The van der Waals surface area contributed by atoms with E-state index < -0.39 is 0 Å². The van der Waals surface area contributed by atoms with Crippen LogP contribution in [0.5, 0.6) is 0 Å². The topological polar surface area (TPSA) is 54.5 Å². The number of ether oxygens (including phenoxy) is 1. The molecule has 2 heterocycles. The van der Waals surface area contributed by atoms with Gasteiger partial charge in [-0.1, -0.05) is 19.1 Å². The number of nitrogens with one attached hydrogen (secondary N) is 1. The van der Waals surface area contributed by atoms with Gasteiger partial charge in [0.25, 0.3) is 0 Å². The highest BCUT2D eigenvalue weighted by Crippen LogP contribution is 2.23. The second-order valence-electron chi connectivity index (χ2n) is 5.54. The molecule has 0 bridgehead atoms. The Balaban J connectivity index is 1.65. The van der Waals surface area contributed by atoms with E-state index in [1.165, 1.54) is 9.88 Å². The first-order chi connectivity index (χ1) is 11.2. The zero-order valence-electron chi connectivity index (χ0n) is 13.4. The molecule has 1 unspecified atom stereocenters. The second kappa shape index (κ2) is 7.10. The number of anilines is 1. The lowest BCUT2D eigenvalue weighted by Gasteiger charge is -2.17. The van der Waals surface area contributed by atoms with E-state index in [9.17, 15) is 4.79 Å². The predicted molar refractivity (Wildman–Crippen MR) is 91.9 cm³/mol. The number of benzene rings is 1. The van der Waals surface area contributed by atoms with E-state index in [-0.39, 0.29) is 12.1 Å². The molecule has 5 nitrogen and oxygen atoms in total. The van der Waals surface area contributed by atoms with Crippen LogP contribution in [0.4, 0.5) is 10.5 Å². The Kier molecular flexibility index (Phi) is 4.93. The predicted octanol–water partition coefficient (Wildman–Crippen LogP) is 3.51. The van der Waals surface area contributed by atoms with Gasteiger partial charge in [0.2, 0.25) is 0 Å². The van der Waals surface area contributed by atoms with E-state index in [1.807, 2.05) is 24.4 Å². The maximum absolute atomic E-state index is 11.7. The molecular weight excluding hydrogens is 310 g/mol. The van der Waals surface area contributed by atoms with Gasteiger partial charge in [-0.3, -0.25) is 4.90 Å². The fourth-order valence-electron chi connectivity index (χ4n) is 2.55. The van der Waals surface area contributed by atoms with Crippen LogP contribution in [-0.2, 0) is 17.7 Å². The summed E-state index contributed by atoms with van der Waals surface area (Å²) < 4.78 is 5.00. The van der Waals surface area contributed by atoms with Gasteiger partial charge in [-0.05, 0) is 31.0 Å². The molecule has 1 fully saturated rings. The molecule has 1 atom stereocenters. The third kappa shape index (κ3) is 3.71. The van der Waals surface area contributed by atoms with Gasteiger partial charge in [0.1, 0.15) is 6.61 Å². The first kappa shape index (κ1) is 16.0. The summed E-state index contributed by atoms with van der Waals surface area (Å²) in [6.45, 7) is 6.12. The number of hydrogen-bond acceptors (Lipinski definition) is 5. The van der Waals surface area contributed by atoms with Gasteiger partial charge >= 0.3 is 6.09 Å². The fraction of sp³-hybridized carbons (Fsp3) is 0.412. The summed E-state index contributed by atoms with van der Waals surface area (Å²) in [7, 11) is 0. The van der Waals surface area contributed by atoms with Crippen LogP contribution in [0.15, 0.2) is 30.5 Å². The van der Waals surface area contributed by atoms with E-state index in [1.54, 1.807) is 16.2 Å². The smallest absolute Gasteiger partial charge is 0.414 e. The number of aryl methyl sites for hydroxylation is 1. The number of thiazole rings is 1. The van der Waals surface area contributed by atoms with Crippen LogP contribution < -0.4 is 10.2 Å². The number of hydrogen-bond donors (Lipinski definition) is 1. The number of amides is 1. The Bertz CT molecular complexity index is 686. The molecule has 1 aliphatic rings. The summed E-state index contributed by atoms with van der Waals surface area (Å²) in [6, 6.07) is 8.25. The van der Waals surface area contributed by atoms with Crippen LogP contribution in [0.25, 0.3) is 0 Å². The zero-order valence-corrected chi connectivity index (χ0v) is 14.2. The van der Waals surface area contributed by atoms with Crippen molar-refractivity contribution in [2.75, 3.05) is 18.1 Å². The number of nitrogens with zero attached hydrogens (tertiary/aromatic N) is 2. The molecule has 2 aromatic rings. The SMILES string of the molecule is CCc1ncc(CNC(C)c2cccc(N3CCOC3=O)c2)s1. The van der Waals surface area contributed by atoms with Gasteiger partial charge in [-0.2, -0.15) is 0 Å². The molecule has 0 radical (unpaired) electrons. The van der Waals surface area contributed by atoms with Crippen molar-refractivity contribution < 1.29 is 9.53 Å². The molecule has 1 aromatic heterocycles. The molecule has 1 N–H and O–H groups in total. The molecular formula is C17H21N3O2S. The summed E-state index contributed by atoms with van der Waals surface area (Å²) in [5.74, 6) is 0. The third-order valence-electron chi connectivity index (χ3n) is 3.93. The van der Waals surface area contributed by atoms with Crippen molar-refractivity contribution >= 4 is 23.1 Å². The van der Waals surface area contributed by atoms with Crippen LogP contribution in [0, 0.1) is 0 Å². The minimum Gasteiger partial charge on any atom is -0.447 e. The highest BCUT2D eigenvalue weighted by Gasteiger charge is 2.23. The van der Waals surface area contributed by atoms with Crippen LogP contribution in [0.3, 0.4) is 0 Å². The summed E-state index contributed by atoms with van der Waals surface area (Å²) in [5, 5.41) is 4.69. The third-order valence-corrected chi connectivity index (χ3v) is 5.07. The molecule has 3 rings (SSSR count). The van der Waals surface area contributed by atoms with Crippen molar-refractivity contribution in [1.29, 1.82) is 0 Å². The van der Waals surface area contributed by atoms with Gasteiger partial charge < -0.3 is 10.1 Å². The maximum Gasteiger partial charge on any atom is 0.414 e. The number of aromatic nitrogens is 1. The van der Waals surface area contributed by atoms with Gasteiger partial charge in [0.15, 0.2) is 0 Å². The molecule has 1 saturated heterocycles. The zero-order chi connectivity index (χ0) is 16.2. The molecule has 122 valence electrons. The van der Waals surface area contributed by atoms with Gasteiger partial charge in [-0.25, -0.2) is 9.78 Å².